The monoisotopic (exact) mass is 250 g/mol. The molecule has 1 N–H and O–H groups in total. The maximum atomic E-state index is 13.7. The number of aliphatic carboxylic acids is 1. The highest BCUT2D eigenvalue weighted by molar-refractivity contribution is 5.85. The van der Waals surface area contributed by atoms with Crippen molar-refractivity contribution in [2.45, 2.75) is 32.0 Å². The van der Waals surface area contributed by atoms with E-state index in [9.17, 15) is 9.18 Å². The van der Waals surface area contributed by atoms with Gasteiger partial charge in [0.25, 0.3) is 0 Å². The number of carboxylic acids is 1. The molecule has 4 heteroatoms. The lowest BCUT2D eigenvalue weighted by molar-refractivity contribution is -0.131. The number of carbonyl (C=O) groups is 1. The lowest BCUT2D eigenvalue weighted by atomic mass is 9.96. The summed E-state index contributed by atoms with van der Waals surface area (Å²) in [7, 11) is 0. The summed E-state index contributed by atoms with van der Waals surface area (Å²) < 4.78 is 19.2. The summed E-state index contributed by atoms with van der Waals surface area (Å²) in [5.74, 6) is -1.41. The van der Waals surface area contributed by atoms with Crippen LogP contribution < -0.4 is 0 Å². The largest absolute Gasteiger partial charge is 0.478 e. The summed E-state index contributed by atoms with van der Waals surface area (Å²) in [5, 5.41) is 8.48. The molecule has 0 radical (unpaired) electrons. The molecule has 1 aliphatic rings. The van der Waals surface area contributed by atoms with Gasteiger partial charge in [-0.2, -0.15) is 0 Å². The van der Waals surface area contributed by atoms with E-state index in [1.807, 2.05) is 0 Å². The first kappa shape index (κ1) is 12.8. The highest BCUT2D eigenvalue weighted by Crippen LogP contribution is 2.23. The zero-order valence-electron chi connectivity index (χ0n) is 9.93. The molecule has 0 atom stereocenters. The van der Waals surface area contributed by atoms with Crippen molar-refractivity contribution in [1.82, 2.24) is 0 Å². The Bertz CT molecular complexity index is 464. The van der Waals surface area contributed by atoms with Crippen molar-refractivity contribution in [2.75, 3.05) is 0 Å². The van der Waals surface area contributed by atoms with Crippen LogP contribution in [0.25, 0.3) is 6.08 Å². The van der Waals surface area contributed by atoms with E-state index in [1.54, 1.807) is 12.1 Å². The summed E-state index contributed by atoms with van der Waals surface area (Å²) in [6, 6.07) is 4.64. The van der Waals surface area contributed by atoms with Crippen molar-refractivity contribution in [3.63, 3.8) is 0 Å². The number of halogens is 1. The molecule has 0 aliphatic heterocycles. The molecule has 0 saturated heterocycles. The molecule has 3 nitrogen and oxygen atoms in total. The molecule has 18 heavy (non-hydrogen) atoms. The predicted octanol–water partition coefficient (Wildman–Crippen LogP) is 2.99. The standard InChI is InChI=1S/C14H15FO3/c15-13-8-10(5-7-14(16)17)4-6-11(13)9-18-12-2-1-3-12/h4-8,12H,1-3,9H2,(H,16,17). The Balaban J connectivity index is 1.97. The predicted molar refractivity (Wildman–Crippen MR) is 65.5 cm³/mol. The minimum atomic E-state index is -1.05. The van der Waals surface area contributed by atoms with Crippen molar-refractivity contribution in [3.8, 4) is 0 Å². The van der Waals surface area contributed by atoms with E-state index in [2.05, 4.69) is 0 Å². The fraction of sp³-hybridized carbons (Fsp3) is 0.357. The van der Waals surface area contributed by atoms with E-state index < -0.39 is 5.97 Å². The maximum Gasteiger partial charge on any atom is 0.328 e. The molecule has 0 unspecified atom stereocenters. The molecular weight excluding hydrogens is 235 g/mol. The molecule has 2 rings (SSSR count). The topological polar surface area (TPSA) is 46.5 Å². The lowest BCUT2D eigenvalue weighted by Crippen LogP contribution is -2.21. The summed E-state index contributed by atoms with van der Waals surface area (Å²) in [6.45, 7) is 0.277. The lowest BCUT2D eigenvalue weighted by Gasteiger charge is -2.25. The Hall–Kier alpha value is -1.68. The third kappa shape index (κ3) is 3.40. The fourth-order valence-corrected chi connectivity index (χ4v) is 1.70. The van der Waals surface area contributed by atoms with Gasteiger partial charge in [0, 0.05) is 11.6 Å². The van der Waals surface area contributed by atoms with Crippen LogP contribution in [0.4, 0.5) is 4.39 Å². The van der Waals surface area contributed by atoms with Crippen molar-refractivity contribution in [2.24, 2.45) is 0 Å². The molecule has 1 saturated carbocycles. The van der Waals surface area contributed by atoms with Crippen LogP contribution in [0.2, 0.25) is 0 Å². The molecule has 0 spiro atoms. The van der Waals surface area contributed by atoms with Crippen LogP contribution in [0.3, 0.4) is 0 Å². The molecule has 1 fully saturated rings. The van der Waals surface area contributed by atoms with E-state index in [0.717, 1.165) is 18.9 Å². The second-order valence-corrected chi connectivity index (χ2v) is 4.39. The Morgan fingerprint density at radius 3 is 2.83 bits per heavy atom. The van der Waals surface area contributed by atoms with Crippen molar-refractivity contribution in [1.29, 1.82) is 0 Å². The van der Waals surface area contributed by atoms with Crippen LogP contribution in [0.5, 0.6) is 0 Å². The molecule has 1 aromatic rings. The number of carboxylic acid groups (broad SMARTS) is 1. The van der Waals surface area contributed by atoms with Crippen molar-refractivity contribution in [3.05, 3.63) is 41.2 Å². The van der Waals surface area contributed by atoms with Crippen molar-refractivity contribution >= 4 is 12.0 Å². The van der Waals surface area contributed by atoms with Gasteiger partial charge in [-0.25, -0.2) is 9.18 Å². The molecule has 1 aliphatic carbocycles. The molecule has 0 bridgehead atoms. The average molecular weight is 250 g/mol. The highest BCUT2D eigenvalue weighted by atomic mass is 19.1. The third-order valence-electron chi connectivity index (χ3n) is 3.02. The number of rotatable bonds is 5. The zero-order chi connectivity index (χ0) is 13.0. The van der Waals surface area contributed by atoms with E-state index in [4.69, 9.17) is 9.84 Å². The molecule has 0 heterocycles. The van der Waals surface area contributed by atoms with Gasteiger partial charge in [-0.05, 0) is 37.0 Å². The number of ether oxygens (including phenoxy) is 1. The van der Waals surface area contributed by atoms with Crippen LogP contribution in [0.1, 0.15) is 30.4 Å². The smallest absolute Gasteiger partial charge is 0.328 e. The van der Waals surface area contributed by atoms with Gasteiger partial charge in [-0.1, -0.05) is 12.1 Å². The molecule has 0 amide bonds. The fourth-order valence-electron chi connectivity index (χ4n) is 1.70. The van der Waals surface area contributed by atoms with Crippen LogP contribution >= 0.6 is 0 Å². The molecule has 1 aromatic carbocycles. The normalized spacial score (nSPS) is 15.8. The molecule has 0 aromatic heterocycles. The minimum absolute atomic E-state index is 0.274. The highest BCUT2D eigenvalue weighted by Gasteiger charge is 2.18. The quantitative estimate of drug-likeness (QED) is 0.817. The summed E-state index contributed by atoms with van der Waals surface area (Å²) in [4.78, 5) is 10.3. The first-order valence-corrected chi connectivity index (χ1v) is 5.96. The third-order valence-corrected chi connectivity index (χ3v) is 3.02. The number of hydrogen-bond acceptors (Lipinski definition) is 2. The SMILES string of the molecule is O=C(O)C=Cc1ccc(COC2CCC2)c(F)c1. The number of hydrogen-bond donors (Lipinski definition) is 1. The Morgan fingerprint density at radius 1 is 1.50 bits per heavy atom. The first-order chi connectivity index (χ1) is 8.65. The van der Waals surface area contributed by atoms with E-state index in [0.29, 0.717) is 11.1 Å². The van der Waals surface area contributed by atoms with Crippen LogP contribution in [0.15, 0.2) is 24.3 Å². The van der Waals surface area contributed by atoms with Gasteiger partial charge in [0.2, 0.25) is 0 Å². The zero-order valence-corrected chi connectivity index (χ0v) is 9.93. The second-order valence-electron chi connectivity index (χ2n) is 4.39. The Kier molecular flexibility index (Phi) is 4.10. The van der Waals surface area contributed by atoms with Crippen molar-refractivity contribution < 1.29 is 19.0 Å². The second kappa shape index (κ2) is 5.78. The van der Waals surface area contributed by atoms with E-state index in [-0.39, 0.29) is 18.5 Å². The minimum Gasteiger partial charge on any atom is -0.478 e. The van der Waals surface area contributed by atoms with E-state index in [1.165, 1.54) is 18.6 Å². The Labute approximate surface area is 105 Å². The van der Waals surface area contributed by atoms with Gasteiger partial charge in [-0.15, -0.1) is 0 Å². The maximum absolute atomic E-state index is 13.7. The molecule has 96 valence electrons. The average Bonchev–Trinajstić information content (AvgIpc) is 2.26. The van der Waals surface area contributed by atoms with Gasteiger partial charge in [0.15, 0.2) is 0 Å². The Morgan fingerprint density at radius 2 is 2.28 bits per heavy atom. The van der Waals surface area contributed by atoms with Crippen LogP contribution in [-0.4, -0.2) is 17.2 Å². The summed E-state index contributed by atoms with van der Waals surface area (Å²) in [5.41, 5.74) is 1.04. The first-order valence-electron chi connectivity index (χ1n) is 5.96. The summed E-state index contributed by atoms with van der Waals surface area (Å²) in [6.07, 6.45) is 5.92. The van der Waals surface area contributed by atoms with Crippen LogP contribution in [0, 0.1) is 5.82 Å². The van der Waals surface area contributed by atoms with E-state index >= 15 is 0 Å². The van der Waals surface area contributed by atoms with Gasteiger partial charge in [0.1, 0.15) is 5.82 Å². The van der Waals surface area contributed by atoms with Gasteiger partial charge in [0.05, 0.1) is 12.7 Å². The molecular formula is C14H15FO3. The van der Waals surface area contributed by atoms with Gasteiger partial charge >= 0.3 is 5.97 Å². The summed E-state index contributed by atoms with van der Waals surface area (Å²) >= 11 is 0. The van der Waals surface area contributed by atoms with Gasteiger partial charge < -0.3 is 9.84 Å². The number of benzene rings is 1. The van der Waals surface area contributed by atoms with Crippen LogP contribution in [-0.2, 0) is 16.1 Å². The van der Waals surface area contributed by atoms with Gasteiger partial charge in [-0.3, -0.25) is 0 Å².